The van der Waals surface area contributed by atoms with E-state index in [9.17, 15) is 14.0 Å². The van der Waals surface area contributed by atoms with E-state index in [1.54, 1.807) is 12.1 Å². The van der Waals surface area contributed by atoms with Gasteiger partial charge in [0.15, 0.2) is 29.7 Å². The maximum Gasteiger partial charge on any atom is 0.338 e. The molecule has 2 aromatic rings. The summed E-state index contributed by atoms with van der Waals surface area (Å²) >= 11 is 0. The molecule has 0 aliphatic carbocycles. The van der Waals surface area contributed by atoms with Crippen LogP contribution in [0.1, 0.15) is 10.4 Å². The summed E-state index contributed by atoms with van der Waals surface area (Å²) in [6, 6.07) is 10.3. The molecule has 2 N–H and O–H groups in total. The number of para-hydroxylation sites is 1. The van der Waals surface area contributed by atoms with E-state index in [1.807, 2.05) is 0 Å². The zero-order valence-corrected chi connectivity index (χ0v) is 14.1. The molecule has 2 aromatic carbocycles. The summed E-state index contributed by atoms with van der Waals surface area (Å²) in [6.45, 7) is -0.368. The SMILES string of the molecule is COc1cc(C(=O)OCCOc2ccccc2F)ccc1OCC(N)=O. The Labute approximate surface area is 149 Å². The lowest BCUT2D eigenvalue weighted by Crippen LogP contribution is -2.20. The lowest BCUT2D eigenvalue weighted by Gasteiger charge is -2.11. The van der Waals surface area contributed by atoms with Gasteiger partial charge in [-0.25, -0.2) is 9.18 Å². The summed E-state index contributed by atoms with van der Waals surface area (Å²) in [6.07, 6.45) is 0. The van der Waals surface area contributed by atoms with Gasteiger partial charge in [0, 0.05) is 0 Å². The molecule has 0 aliphatic rings. The van der Waals surface area contributed by atoms with Crippen molar-refractivity contribution in [3.8, 4) is 17.2 Å². The first kappa shape index (κ1) is 19.0. The predicted octanol–water partition coefficient (Wildman–Crippen LogP) is 1.93. The topological polar surface area (TPSA) is 97.1 Å². The number of amides is 1. The van der Waals surface area contributed by atoms with Crippen molar-refractivity contribution in [1.82, 2.24) is 0 Å². The van der Waals surface area contributed by atoms with Crippen molar-refractivity contribution >= 4 is 11.9 Å². The summed E-state index contributed by atoms with van der Waals surface area (Å²) < 4.78 is 33.9. The number of carbonyl (C=O) groups is 2. The van der Waals surface area contributed by atoms with Crippen LogP contribution in [-0.4, -0.2) is 38.8 Å². The smallest absolute Gasteiger partial charge is 0.338 e. The van der Waals surface area contributed by atoms with E-state index < -0.39 is 17.7 Å². The second kappa shape index (κ2) is 9.26. The molecule has 138 valence electrons. The number of hydrogen-bond acceptors (Lipinski definition) is 6. The van der Waals surface area contributed by atoms with Crippen LogP contribution in [0.25, 0.3) is 0 Å². The first-order chi connectivity index (χ1) is 12.5. The Morgan fingerprint density at radius 2 is 1.77 bits per heavy atom. The molecular weight excluding hydrogens is 345 g/mol. The van der Waals surface area contributed by atoms with Gasteiger partial charge < -0.3 is 24.7 Å². The zero-order chi connectivity index (χ0) is 18.9. The maximum absolute atomic E-state index is 13.4. The molecule has 0 saturated carbocycles. The fourth-order valence-electron chi connectivity index (χ4n) is 1.99. The third-order valence-electron chi connectivity index (χ3n) is 3.18. The summed E-state index contributed by atoms with van der Waals surface area (Å²) in [5.41, 5.74) is 5.24. The predicted molar refractivity (Wildman–Crippen MR) is 89.9 cm³/mol. The van der Waals surface area contributed by atoms with E-state index >= 15 is 0 Å². The van der Waals surface area contributed by atoms with Crippen molar-refractivity contribution in [2.24, 2.45) is 5.73 Å². The van der Waals surface area contributed by atoms with Crippen LogP contribution in [0, 0.1) is 5.82 Å². The number of halogens is 1. The number of benzene rings is 2. The van der Waals surface area contributed by atoms with E-state index in [-0.39, 0.29) is 42.6 Å². The fraction of sp³-hybridized carbons (Fsp3) is 0.222. The van der Waals surface area contributed by atoms with Crippen molar-refractivity contribution in [2.75, 3.05) is 26.9 Å². The standard InChI is InChI=1S/C18H18FNO6/c1-23-16-10-12(6-7-15(16)26-11-17(20)21)18(22)25-9-8-24-14-5-3-2-4-13(14)19/h2-7,10H,8-9,11H2,1H3,(H2,20,21). The van der Waals surface area contributed by atoms with E-state index in [1.165, 1.54) is 37.4 Å². The number of hydrogen-bond donors (Lipinski definition) is 1. The van der Waals surface area contributed by atoms with Gasteiger partial charge in [0.2, 0.25) is 0 Å². The quantitative estimate of drug-likeness (QED) is 0.540. The lowest BCUT2D eigenvalue weighted by atomic mass is 10.2. The lowest BCUT2D eigenvalue weighted by molar-refractivity contribution is -0.119. The van der Waals surface area contributed by atoms with E-state index in [0.29, 0.717) is 0 Å². The molecule has 0 heterocycles. The molecule has 0 spiro atoms. The Morgan fingerprint density at radius 1 is 1.00 bits per heavy atom. The minimum atomic E-state index is -0.634. The molecule has 7 nitrogen and oxygen atoms in total. The van der Waals surface area contributed by atoms with Gasteiger partial charge in [0.1, 0.15) is 13.2 Å². The molecule has 0 atom stereocenters. The monoisotopic (exact) mass is 363 g/mol. The van der Waals surface area contributed by atoms with E-state index in [2.05, 4.69) is 0 Å². The third kappa shape index (κ3) is 5.37. The molecule has 8 heteroatoms. The Morgan fingerprint density at radius 3 is 2.46 bits per heavy atom. The highest BCUT2D eigenvalue weighted by molar-refractivity contribution is 5.90. The van der Waals surface area contributed by atoms with Gasteiger partial charge >= 0.3 is 5.97 Å². The van der Waals surface area contributed by atoms with E-state index in [0.717, 1.165) is 0 Å². The number of esters is 1. The number of rotatable bonds is 9. The Kier molecular flexibility index (Phi) is 6.78. The van der Waals surface area contributed by atoms with Gasteiger partial charge in [-0.15, -0.1) is 0 Å². The number of ether oxygens (including phenoxy) is 4. The van der Waals surface area contributed by atoms with Crippen LogP contribution >= 0.6 is 0 Å². The summed E-state index contributed by atoms with van der Waals surface area (Å²) in [5.74, 6) is -1.13. The van der Waals surface area contributed by atoms with Gasteiger partial charge in [0.25, 0.3) is 5.91 Å². The Hall–Kier alpha value is -3.29. The van der Waals surface area contributed by atoms with Gasteiger partial charge in [-0.1, -0.05) is 12.1 Å². The normalized spacial score (nSPS) is 10.1. The summed E-state index contributed by atoms with van der Waals surface area (Å²) in [4.78, 5) is 22.8. The number of nitrogens with two attached hydrogens (primary N) is 1. The highest BCUT2D eigenvalue weighted by Crippen LogP contribution is 2.28. The van der Waals surface area contributed by atoms with Crippen molar-refractivity contribution in [3.63, 3.8) is 0 Å². The minimum absolute atomic E-state index is 0.00359. The minimum Gasteiger partial charge on any atom is -0.493 e. The Balaban J connectivity index is 1.88. The molecule has 0 saturated heterocycles. The Bertz CT molecular complexity index is 780. The van der Waals surface area contributed by atoms with Gasteiger partial charge in [-0.2, -0.15) is 0 Å². The molecule has 26 heavy (non-hydrogen) atoms. The second-order valence-corrected chi connectivity index (χ2v) is 5.04. The average molecular weight is 363 g/mol. The maximum atomic E-state index is 13.4. The summed E-state index contributed by atoms with van der Waals surface area (Å²) in [5, 5.41) is 0. The van der Waals surface area contributed by atoms with Crippen LogP contribution in [0.4, 0.5) is 4.39 Å². The molecule has 0 unspecified atom stereocenters. The fourth-order valence-corrected chi connectivity index (χ4v) is 1.99. The highest BCUT2D eigenvalue weighted by Gasteiger charge is 2.13. The van der Waals surface area contributed by atoms with Crippen LogP contribution in [0.2, 0.25) is 0 Å². The highest BCUT2D eigenvalue weighted by atomic mass is 19.1. The molecule has 0 radical (unpaired) electrons. The van der Waals surface area contributed by atoms with Crippen molar-refractivity contribution in [2.45, 2.75) is 0 Å². The van der Waals surface area contributed by atoms with Crippen LogP contribution < -0.4 is 19.9 Å². The molecular formula is C18H18FNO6. The second-order valence-electron chi connectivity index (χ2n) is 5.04. The first-order valence-electron chi connectivity index (χ1n) is 7.65. The average Bonchev–Trinajstić information content (AvgIpc) is 2.64. The molecule has 0 fully saturated rings. The third-order valence-corrected chi connectivity index (χ3v) is 3.18. The van der Waals surface area contributed by atoms with Crippen molar-refractivity contribution in [1.29, 1.82) is 0 Å². The molecule has 0 aromatic heterocycles. The van der Waals surface area contributed by atoms with Crippen LogP contribution in [-0.2, 0) is 9.53 Å². The van der Waals surface area contributed by atoms with Gasteiger partial charge in [-0.05, 0) is 30.3 Å². The van der Waals surface area contributed by atoms with Crippen molar-refractivity contribution < 1.29 is 32.9 Å². The zero-order valence-electron chi connectivity index (χ0n) is 14.1. The van der Waals surface area contributed by atoms with Gasteiger partial charge in [-0.3, -0.25) is 4.79 Å². The largest absolute Gasteiger partial charge is 0.493 e. The molecule has 1 amide bonds. The summed E-state index contributed by atoms with van der Waals surface area (Å²) in [7, 11) is 1.39. The number of carbonyl (C=O) groups excluding carboxylic acids is 2. The van der Waals surface area contributed by atoms with Crippen LogP contribution in [0.5, 0.6) is 17.2 Å². The van der Waals surface area contributed by atoms with E-state index in [4.69, 9.17) is 24.7 Å². The number of methoxy groups -OCH3 is 1. The first-order valence-corrected chi connectivity index (χ1v) is 7.65. The molecule has 0 bridgehead atoms. The van der Waals surface area contributed by atoms with Crippen LogP contribution in [0.15, 0.2) is 42.5 Å². The van der Waals surface area contributed by atoms with Crippen LogP contribution in [0.3, 0.4) is 0 Å². The van der Waals surface area contributed by atoms with Crippen molar-refractivity contribution in [3.05, 3.63) is 53.8 Å². The molecule has 2 rings (SSSR count). The van der Waals surface area contributed by atoms with Gasteiger partial charge in [0.05, 0.1) is 12.7 Å². The number of primary amides is 1. The molecule has 0 aliphatic heterocycles.